The van der Waals surface area contributed by atoms with Crippen molar-refractivity contribution in [3.05, 3.63) is 0 Å². The van der Waals surface area contributed by atoms with E-state index in [0.29, 0.717) is 0 Å². The zero-order valence-corrected chi connectivity index (χ0v) is 11.4. The Kier molecular flexibility index (Phi) is 6.16. The summed E-state index contributed by atoms with van der Waals surface area (Å²) in [5.74, 6) is 2.09. The Morgan fingerprint density at radius 1 is 1.21 bits per heavy atom. The van der Waals surface area contributed by atoms with E-state index in [1.165, 1.54) is 51.4 Å². The van der Waals surface area contributed by atoms with Gasteiger partial charge in [-0.25, -0.2) is 0 Å². The first-order chi connectivity index (χ1) is 6.76. The molecule has 0 heterocycles. The molecule has 1 aliphatic carbocycles. The van der Waals surface area contributed by atoms with Crippen LogP contribution in [-0.2, 0) is 0 Å². The lowest BCUT2D eigenvalue weighted by Crippen LogP contribution is -2.15. The van der Waals surface area contributed by atoms with E-state index >= 15 is 0 Å². The number of hydrogen-bond acceptors (Lipinski definition) is 0. The maximum Gasteiger partial charge on any atom is 0.0143 e. The number of alkyl halides is 1. The molecule has 0 bridgehead atoms. The maximum atomic E-state index is 3.74. The van der Waals surface area contributed by atoms with E-state index in [2.05, 4.69) is 29.8 Å². The molecule has 3 unspecified atom stereocenters. The molecule has 1 aliphatic rings. The summed E-state index contributed by atoms with van der Waals surface area (Å²) in [6, 6.07) is 0. The molecule has 1 saturated carbocycles. The van der Waals surface area contributed by atoms with Gasteiger partial charge in [0.1, 0.15) is 0 Å². The smallest absolute Gasteiger partial charge is 0.0143 e. The molecule has 1 fully saturated rings. The molecule has 1 heteroatoms. The van der Waals surface area contributed by atoms with Crippen molar-refractivity contribution in [1.29, 1.82) is 0 Å². The van der Waals surface area contributed by atoms with Crippen LogP contribution in [0.3, 0.4) is 0 Å². The van der Waals surface area contributed by atoms with Crippen LogP contribution in [0.25, 0.3) is 0 Å². The lowest BCUT2D eigenvalue weighted by molar-refractivity contribution is 0.246. The van der Waals surface area contributed by atoms with Crippen LogP contribution in [0.1, 0.15) is 65.2 Å². The van der Waals surface area contributed by atoms with Crippen LogP contribution in [-0.4, -0.2) is 4.83 Å². The third-order valence-corrected chi connectivity index (χ3v) is 4.91. The van der Waals surface area contributed by atoms with Crippen LogP contribution in [0, 0.1) is 11.8 Å². The second-order valence-corrected chi connectivity index (χ2v) is 6.18. The van der Waals surface area contributed by atoms with Gasteiger partial charge in [-0.05, 0) is 37.5 Å². The lowest BCUT2D eigenvalue weighted by atomic mass is 9.78. The van der Waals surface area contributed by atoms with Crippen molar-refractivity contribution < 1.29 is 0 Å². The fourth-order valence-corrected chi connectivity index (χ4v) is 2.92. The average Bonchev–Trinajstić information content (AvgIpc) is 2.26. The first kappa shape index (κ1) is 12.5. The van der Waals surface area contributed by atoms with Gasteiger partial charge in [0.25, 0.3) is 0 Å². The van der Waals surface area contributed by atoms with Crippen LogP contribution in [0.5, 0.6) is 0 Å². The normalized spacial score (nSPS) is 30.2. The highest BCUT2D eigenvalue weighted by atomic mass is 79.9. The fourth-order valence-electron chi connectivity index (χ4n) is 2.66. The van der Waals surface area contributed by atoms with Crippen molar-refractivity contribution in [3.63, 3.8) is 0 Å². The molecule has 0 amide bonds. The minimum Gasteiger partial charge on any atom is -0.0891 e. The van der Waals surface area contributed by atoms with Gasteiger partial charge < -0.3 is 0 Å². The van der Waals surface area contributed by atoms with Crippen LogP contribution >= 0.6 is 15.9 Å². The molecule has 3 atom stereocenters. The van der Waals surface area contributed by atoms with E-state index in [4.69, 9.17) is 0 Å². The summed E-state index contributed by atoms with van der Waals surface area (Å²) in [5, 5.41) is 0. The minimum absolute atomic E-state index is 0.768. The number of rotatable bonds is 5. The third kappa shape index (κ3) is 4.33. The molecule has 0 saturated heterocycles. The first-order valence-electron chi connectivity index (χ1n) is 6.40. The highest BCUT2D eigenvalue weighted by Gasteiger charge is 2.20. The molecule has 0 aromatic heterocycles. The Balaban J connectivity index is 2.17. The summed E-state index contributed by atoms with van der Waals surface area (Å²) in [6.07, 6.45) is 11.5. The molecule has 0 radical (unpaired) electrons. The fraction of sp³-hybridized carbons (Fsp3) is 1.00. The Labute approximate surface area is 98.0 Å². The maximum absolute atomic E-state index is 3.74. The Bertz CT molecular complexity index is 144. The topological polar surface area (TPSA) is 0 Å². The summed E-state index contributed by atoms with van der Waals surface area (Å²) in [7, 11) is 0. The quantitative estimate of drug-likeness (QED) is 0.600. The van der Waals surface area contributed by atoms with Gasteiger partial charge in [-0.2, -0.15) is 0 Å². The van der Waals surface area contributed by atoms with E-state index in [0.717, 1.165) is 16.7 Å². The molecule has 0 aromatic carbocycles. The van der Waals surface area contributed by atoms with Crippen LogP contribution in [0.2, 0.25) is 0 Å². The van der Waals surface area contributed by atoms with Gasteiger partial charge in [0.2, 0.25) is 0 Å². The molecule has 0 aliphatic heterocycles. The summed E-state index contributed by atoms with van der Waals surface area (Å²) < 4.78 is 0. The zero-order valence-electron chi connectivity index (χ0n) is 9.77. The predicted molar refractivity (Wildman–Crippen MR) is 68.0 cm³/mol. The minimum atomic E-state index is 0.768. The molecule has 0 N–H and O–H groups in total. The van der Waals surface area contributed by atoms with Crippen molar-refractivity contribution in [2.45, 2.75) is 70.0 Å². The Hall–Kier alpha value is 0.480. The van der Waals surface area contributed by atoms with E-state index in [9.17, 15) is 0 Å². The Morgan fingerprint density at radius 2 is 1.93 bits per heavy atom. The summed E-state index contributed by atoms with van der Waals surface area (Å²) >= 11 is 3.74. The molecule has 14 heavy (non-hydrogen) atoms. The monoisotopic (exact) mass is 260 g/mol. The molecular weight excluding hydrogens is 236 g/mol. The predicted octanol–water partition coefficient (Wildman–Crippen LogP) is 5.16. The van der Waals surface area contributed by atoms with E-state index in [1.807, 2.05) is 0 Å². The highest BCUT2D eigenvalue weighted by Crippen LogP contribution is 2.34. The average molecular weight is 261 g/mol. The second-order valence-electron chi connectivity index (χ2n) is 4.89. The number of hydrogen-bond donors (Lipinski definition) is 0. The van der Waals surface area contributed by atoms with Crippen molar-refractivity contribution >= 4 is 15.9 Å². The van der Waals surface area contributed by atoms with Crippen LogP contribution < -0.4 is 0 Å². The second kappa shape index (κ2) is 6.87. The van der Waals surface area contributed by atoms with Gasteiger partial charge in [-0.3, -0.25) is 0 Å². The van der Waals surface area contributed by atoms with Gasteiger partial charge in [0.05, 0.1) is 0 Å². The standard InChI is InChI=1S/C13H25Br/c1-3-11-6-5-7-12(10-11)8-9-13(14)4-2/h11-13H,3-10H2,1-2H3. The van der Waals surface area contributed by atoms with Gasteiger partial charge in [0.15, 0.2) is 0 Å². The lowest BCUT2D eigenvalue weighted by Gasteiger charge is -2.28. The van der Waals surface area contributed by atoms with Gasteiger partial charge in [0, 0.05) is 4.83 Å². The molecule has 0 nitrogen and oxygen atoms in total. The Morgan fingerprint density at radius 3 is 2.57 bits per heavy atom. The van der Waals surface area contributed by atoms with Crippen molar-refractivity contribution in [2.75, 3.05) is 0 Å². The first-order valence-corrected chi connectivity index (χ1v) is 7.31. The van der Waals surface area contributed by atoms with E-state index in [1.54, 1.807) is 0 Å². The van der Waals surface area contributed by atoms with Gasteiger partial charge in [-0.1, -0.05) is 55.5 Å². The van der Waals surface area contributed by atoms with Gasteiger partial charge in [-0.15, -0.1) is 0 Å². The largest absolute Gasteiger partial charge is 0.0891 e. The van der Waals surface area contributed by atoms with Crippen molar-refractivity contribution in [3.8, 4) is 0 Å². The number of halogens is 1. The summed E-state index contributed by atoms with van der Waals surface area (Å²) in [6.45, 7) is 4.63. The van der Waals surface area contributed by atoms with Crippen LogP contribution in [0.4, 0.5) is 0 Å². The molecule has 84 valence electrons. The van der Waals surface area contributed by atoms with Crippen LogP contribution in [0.15, 0.2) is 0 Å². The van der Waals surface area contributed by atoms with E-state index < -0.39 is 0 Å². The van der Waals surface area contributed by atoms with Gasteiger partial charge >= 0.3 is 0 Å². The third-order valence-electron chi connectivity index (χ3n) is 3.80. The molecule has 0 spiro atoms. The summed E-state index contributed by atoms with van der Waals surface area (Å²) in [5.41, 5.74) is 0. The van der Waals surface area contributed by atoms with E-state index in [-0.39, 0.29) is 0 Å². The van der Waals surface area contributed by atoms with Crippen molar-refractivity contribution in [2.24, 2.45) is 11.8 Å². The summed E-state index contributed by atoms with van der Waals surface area (Å²) in [4.78, 5) is 0.768. The SMILES string of the molecule is CCC(Br)CCC1CCCC(CC)C1. The zero-order chi connectivity index (χ0) is 10.4. The molecule has 1 rings (SSSR count). The van der Waals surface area contributed by atoms with Crippen molar-refractivity contribution in [1.82, 2.24) is 0 Å². The molecule has 0 aromatic rings. The highest BCUT2D eigenvalue weighted by molar-refractivity contribution is 9.09. The molecular formula is C13H25Br.